The fraction of sp³-hybridized carbons (Fsp3) is 0.294. The highest BCUT2D eigenvalue weighted by Gasteiger charge is 2.36. The van der Waals surface area contributed by atoms with Crippen molar-refractivity contribution in [2.75, 3.05) is 13.1 Å². The maximum atomic E-state index is 12.4. The third kappa shape index (κ3) is 1.73. The van der Waals surface area contributed by atoms with Gasteiger partial charge in [-0.3, -0.25) is 9.78 Å². The molecule has 5 rings (SSSR count). The number of benzene rings is 1. The standard InChI is InChI=1S/C17H16N2O/c20-17-12-6-9-19(10-7-12)16(17)11-13-5-8-18-15-4-2-1-3-14(13)15/h1-5,8,11-12H,6-7,9-10H2/b16-11-. The smallest absolute Gasteiger partial charge is 0.182 e. The van der Waals surface area contributed by atoms with Gasteiger partial charge in [-0.05, 0) is 36.6 Å². The lowest BCUT2D eigenvalue weighted by Gasteiger charge is -2.41. The zero-order valence-corrected chi connectivity index (χ0v) is 11.2. The Bertz CT molecular complexity index is 707. The van der Waals surface area contributed by atoms with Gasteiger partial charge in [0.25, 0.3) is 0 Å². The number of carbonyl (C=O) groups excluding carboxylic acids is 1. The Balaban J connectivity index is 1.84. The van der Waals surface area contributed by atoms with Crippen LogP contribution in [0, 0.1) is 5.92 Å². The molecule has 0 unspecified atom stereocenters. The highest BCUT2D eigenvalue weighted by molar-refractivity contribution is 6.03. The van der Waals surface area contributed by atoms with E-state index in [1.165, 1.54) is 0 Å². The molecule has 20 heavy (non-hydrogen) atoms. The largest absolute Gasteiger partial charge is 0.369 e. The van der Waals surface area contributed by atoms with Gasteiger partial charge >= 0.3 is 0 Å². The first kappa shape index (κ1) is 11.6. The maximum absolute atomic E-state index is 12.4. The summed E-state index contributed by atoms with van der Waals surface area (Å²) in [6.45, 7) is 2.04. The number of Topliss-reactive ketones (excluding diaryl/α,β-unsaturated/α-hetero) is 1. The van der Waals surface area contributed by atoms with Crippen molar-refractivity contribution in [3.05, 3.63) is 47.8 Å². The molecular weight excluding hydrogens is 248 g/mol. The molecule has 4 heterocycles. The summed E-state index contributed by atoms with van der Waals surface area (Å²) in [5.74, 6) is 0.572. The Labute approximate surface area is 117 Å². The first-order valence-electron chi connectivity index (χ1n) is 7.17. The van der Waals surface area contributed by atoms with Crippen LogP contribution in [-0.4, -0.2) is 28.8 Å². The van der Waals surface area contributed by atoms with Crippen LogP contribution in [0.25, 0.3) is 17.0 Å². The minimum Gasteiger partial charge on any atom is -0.369 e. The number of para-hydroxylation sites is 1. The first-order valence-corrected chi connectivity index (χ1v) is 7.17. The number of hydrogen-bond acceptors (Lipinski definition) is 3. The van der Waals surface area contributed by atoms with Crippen LogP contribution in [0.5, 0.6) is 0 Å². The molecule has 0 atom stereocenters. The van der Waals surface area contributed by atoms with Crippen LogP contribution in [0.15, 0.2) is 42.2 Å². The molecule has 3 fully saturated rings. The first-order chi connectivity index (χ1) is 9.83. The summed E-state index contributed by atoms with van der Waals surface area (Å²) in [6.07, 6.45) is 5.91. The van der Waals surface area contributed by atoms with E-state index in [2.05, 4.69) is 22.0 Å². The second kappa shape index (κ2) is 4.44. The Hall–Kier alpha value is -2.16. The molecule has 0 aliphatic carbocycles. The van der Waals surface area contributed by atoms with E-state index >= 15 is 0 Å². The van der Waals surface area contributed by atoms with Gasteiger partial charge in [-0.2, -0.15) is 0 Å². The number of piperidine rings is 3. The van der Waals surface area contributed by atoms with E-state index in [0.29, 0.717) is 5.78 Å². The van der Waals surface area contributed by atoms with E-state index in [4.69, 9.17) is 0 Å². The molecule has 0 amide bonds. The predicted molar refractivity (Wildman–Crippen MR) is 79.0 cm³/mol. The number of rotatable bonds is 1. The summed E-state index contributed by atoms with van der Waals surface area (Å²) in [5, 5.41) is 1.11. The molecule has 3 aliphatic rings. The molecule has 3 nitrogen and oxygen atoms in total. The summed E-state index contributed by atoms with van der Waals surface area (Å²) in [6, 6.07) is 10.1. The van der Waals surface area contributed by atoms with Gasteiger partial charge in [-0.25, -0.2) is 0 Å². The second-order valence-corrected chi connectivity index (χ2v) is 5.57. The third-order valence-corrected chi connectivity index (χ3v) is 4.43. The summed E-state index contributed by atoms with van der Waals surface area (Å²) >= 11 is 0. The molecule has 100 valence electrons. The van der Waals surface area contributed by atoms with E-state index in [0.717, 1.165) is 48.1 Å². The van der Waals surface area contributed by atoms with Crippen LogP contribution in [0.3, 0.4) is 0 Å². The molecule has 0 radical (unpaired) electrons. The number of aromatic nitrogens is 1. The van der Waals surface area contributed by atoms with Crippen molar-refractivity contribution in [3.63, 3.8) is 0 Å². The minimum absolute atomic E-state index is 0.249. The van der Waals surface area contributed by atoms with E-state index < -0.39 is 0 Å². The van der Waals surface area contributed by atoms with Crippen molar-refractivity contribution in [3.8, 4) is 0 Å². The molecule has 2 aromatic rings. The van der Waals surface area contributed by atoms with Crippen LogP contribution in [0.2, 0.25) is 0 Å². The van der Waals surface area contributed by atoms with Crippen LogP contribution in [-0.2, 0) is 4.79 Å². The number of nitrogens with zero attached hydrogens (tertiary/aromatic N) is 2. The van der Waals surface area contributed by atoms with Crippen molar-refractivity contribution in [1.29, 1.82) is 0 Å². The molecule has 0 saturated carbocycles. The Morgan fingerprint density at radius 2 is 1.95 bits per heavy atom. The predicted octanol–water partition coefficient (Wildman–Crippen LogP) is 2.87. The zero-order valence-electron chi connectivity index (χ0n) is 11.2. The Morgan fingerprint density at radius 1 is 1.15 bits per heavy atom. The lowest BCUT2D eigenvalue weighted by molar-refractivity contribution is -0.125. The Morgan fingerprint density at radius 3 is 2.75 bits per heavy atom. The van der Waals surface area contributed by atoms with Crippen molar-refractivity contribution in [2.45, 2.75) is 12.8 Å². The van der Waals surface area contributed by atoms with Gasteiger partial charge in [0.05, 0.1) is 11.2 Å². The molecular formula is C17H16N2O. The van der Waals surface area contributed by atoms with Gasteiger partial charge < -0.3 is 4.90 Å². The number of pyridine rings is 1. The van der Waals surface area contributed by atoms with Crippen molar-refractivity contribution < 1.29 is 4.79 Å². The average Bonchev–Trinajstić information content (AvgIpc) is 2.51. The molecule has 3 heteroatoms. The molecule has 1 aromatic carbocycles. The molecule has 3 aliphatic heterocycles. The van der Waals surface area contributed by atoms with E-state index in [9.17, 15) is 4.79 Å². The molecule has 1 aromatic heterocycles. The highest BCUT2D eigenvalue weighted by Crippen LogP contribution is 2.33. The normalized spacial score (nSPS) is 21.1. The van der Waals surface area contributed by atoms with Crippen molar-refractivity contribution in [2.24, 2.45) is 5.92 Å². The maximum Gasteiger partial charge on any atom is 0.182 e. The summed E-state index contributed by atoms with van der Waals surface area (Å²) in [7, 11) is 0. The topological polar surface area (TPSA) is 33.2 Å². The summed E-state index contributed by atoms with van der Waals surface area (Å²) in [4.78, 5) is 19.0. The third-order valence-electron chi connectivity index (χ3n) is 4.43. The van der Waals surface area contributed by atoms with E-state index in [-0.39, 0.29) is 5.92 Å². The Kier molecular flexibility index (Phi) is 2.59. The number of carbonyl (C=O) groups is 1. The summed E-state index contributed by atoms with van der Waals surface area (Å²) in [5.41, 5.74) is 2.96. The van der Waals surface area contributed by atoms with Gasteiger partial charge in [-0.1, -0.05) is 18.2 Å². The average molecular weight is 264 g/mol. The second-order valence-electron chi connectivity index (χ2n) is 5.57. The van der Waals surface area contributed by atoms with Gasteiger partial charge in [0.15, 0.2) is 5.78 Å². The van der Waals surface area contributed by atoms with E-state index in [1.807, 2.05) is 30.5 Å². The van der Waals surface area contributed by atoms with Crippen molar-refractivity contribution in [1.82, 2.24) is 9.88 Å². The number of ketones is 1. The van der Waals surface area contributed by atoms with Crippen LogP contribution >= 0.6 is 0 Å². The fourth-order valence-corrected chi connectivity index (χ4v) is 3.30. The highest BCUT2D eigenvalue weighted by atomic mass is 16.1. The van der Waals surface area contributed by atoms with Crippen LogP contribution < -0.4 is 0 Å². The fourth-order valence-electron chi connectivity index (χ4n) is 3.30. The SMILES string of the molecule is O=C1/C(=C/c2ccnc3ccccc23)N2CCC1CC2. The molecule has 2 bridgehead atoms. The monoisotopic (exact) mass is 264 g/mol. The minimum atomic E-state index is 0.249. The molecule has 0 N–H and O–H groups in total. The lowest BCUT2D eigenvalue weighted by atomic mass is 9.84. The van der Waals surface area contributed by atoms with Gasteiger partial charge in [0, 0.05) is 30.6 Å². The van der Waals surface area contributed by atoms with Gasteiger partial charge in [-0.15, -0.1) is 0 Å². The van der Waals surface area contributed by atoms with Gasteiger partial charge in [0.2, 0.25) is 0 Å². The van der Waals surface area contributed by atoms with E-state index in [1.54, 1.807) is 0 Å². The number of fused-ring (bicyclic) bond motifs is 4. The summed E-state index contributed by atoms with van der Waals surface area (Å²) < 4.78 is 0. The molecule has 0 spiro atoms. The zero-order chi connectivity index (χ0) is 13.5. The van der Waals surface area contributed by atoms with Crippen LogP contribution in [0.1, 0.15) is 18.4 Å². The van der Waals surface area contributed by atoms with Gasteiger partial charge in [0.1, 0.15) is 0 Å². The number of hydrogen-bond donors (Lipinski definition) is 0. The lowest BCUT2D eigenvalue weighted by Crippen LogP contribution is -2.45. The van der Waals surface area contributed by atoms with Crippen LogP contribution in [0.4, 0.5) is 0 Å². The van der Waals surface area contributed by atoms with Crippen molar-refractivity contribution >= 4 is 22.8 Å². The number of allylic oxidation sites excluding steroid dienone is 1. The quantitative estimate of drug-likeness (QED) is 0.743. The molecule has 3 saturated heterocycles.